The molecule has 0 amide bonds. The van der Waals surface area contributed by atoms with Crippen LogP contribution in [0.3, 0.4) is 0 Å². The molecule has 0 aromatic heterocycles. The third kappa shape index (κ3) is 1.89. The van der Waals surface area contributed by atoms with Gasteiger partial charge in [-0.1, -0.05) is 26.2 Å². The first kappa shape index (κ1) is 9.88. The van der Waals surface area contributed by atoms with E-state index in [2.05, 4.69) is 13.8 Å². The van der Waals surface area contributed by atoms with Crippen molar-refractivity contribution < 1.29 is 0 Å². The molecule has 2 atom stereocenters. The van der Waals surface area contributed by atoms with Crippen LogP contribution >= 0.6 is 0 Å². The first-order chi connectivity index (χ1) is 6.81. The van der Waals surface area contributed by atoms with Crippen molar-refractivity contribution in [2.75, 3.05) is 0 Å². The van der Waals surface area contributed by atoms with Gasteiger partial charge in [-0.05, 0) is 26.2 Å². The normalized spacial score (nSPS) is 31.9. The molecule has 2 nitrogen and oxygen atoms in total. The average molecular weight is 192 g/mol. The van der Waals surface area contributed by atoms with Crippen LogP contribution in [0.2, 0.25) is 0 Å². The van der Waals surface area contributed by atoms with Crippen LogP contribution in [-0.4, -0.2) is 23.5 Å². The monoisotopic (exact) mass is 192 g/mol. The van der Waals surface area contributed by atoms with E-state index in [1.54, 1.807) is 0 Å². The second-order valence-corrected chi connectivity index (χ2v) is 4.46. The fraction of sp³-hybridized carbons (Fsp3) is 0.833. The first-order valence-electron chi connectivity index (χ1n) is 5.92. The molecule has 78 valence electrons. The summed E-state index contributed by atoms with van der Waals surface area (Å²) in [6.45, 7) is 4.34. The summed E-state index contributed by atoms with van der Waals surface area (Å²) in [5.41, 5.74) is 2.48. The highest BCUT2D eigenvalue weighted by molar-refractivity contribution is 6.41. The van der Waals surface area contributed by atoms with Gasteiger partial charge in [-0.3, -0.25) is 9.98 Å². The van der Waals surface area contributed by atoms with Crippen LogP contribution in [0.4, 0.5) is 0 Å². The molecule has 1 heterocycles. The first-order valence-corrected chi connectivity index (χ1v) is 5.92. The minimum Gasteiger partial charge on any atom is -0.283 e. The molecule has 2 unspecified atom stereocenters. The lowest BCUT2D eigenvalue weighted by Crippen LogP contribution is -2.34. The topological polar surface area (TPSA) is 24.7 Å². The van der Waals surface area contributed by atoms with E-state index in [1.165, 1.54) is 43.5 Å². The van der Waals surface area contributed by atoms with E-state index in [0.29, 0.717) is 12.1 Å². The van der Waals surface area contributed by atoms with Crippen molar-refractivity contribution in [3.63, 3.8) is 0 Å². The number of nitrogens with zero attached hydrogens (tertiary/aromatic N) is 2. The van der Waals surface area contributed by atoms with Crippen LogP contribution in [0.1, 0.15) is 52.4 Å². The van der Waals surface area contributed by atoms with Gasteiger partial charge in [0, 0.05) is 0 Å². The van der Waals surface area contributed by atoms with Gasteiger partial charge in [0.15, 0.2) is 0 Å². The summed E-state index contributed by atoms with van der Waals surface area (Å²) in [4.78, 5) is 9.65. The van der Waals surface area contributed by atoms with Crippen molar-refractivity contribution in [3.8, 4) is 0 Å². The summed E-state index contributed by atoms with van der Waals surface area (Å²) >= 11 is 0. The van der Waals surface area contributed by atoms with Crippen molar-refractivity contribution in [3.05, 3.63) is 0 Å². The Balaban J connectivity index is 2.12. The summed E-state index contributed by atoms with van der Waals surface area (Å²) in [6.07, 6.45) is 7.50. The lowest BCUT2D eigenvalue weighted by Gasteiger charge is -2.30. The Hall–Kier alpha value is -0.660. The van der Waals surface area contributed by atoms with Crippen LogP contribution < -0.4 is 0 Å². The molecule has 0 saturated heterocycles. The number of rotatable bonds is 2. The molecule has 0 aromatic carbocycles. The maximum atomic E-state index is 4.86. The Kier molecular flexibility index (Phi) is 2.99. The Labute approximate surface area is 86.5 Å². The fourth-order valence-corrected chi connectivity index (χ4v) is 2.49. The van der Waals surface area contributed by atoms with Gasteiger partial charge in [0.1, 0.15) is 0 Å². The number of hydrogen-bond donors (Lipinski definition) is 0. The third-order valence-electron chi connectivity index (χ3n) is 3.28. The van der Waals surface area contributed by atoms with Crippen LogP contribution in [-0.2, 0) is 0 Å². The SMILES string of the molecule is CCCC1=NC2CCCCC2N=C1C. The van der Waals surface area contributed by atoms with Gasteiger partial charge >= 0.3 is 0 Å². The van der Waals surface area contributed by atoms with Crippen LogP contribution in [0, 0.1) is 0 Å². The summed E-state index contributed by atoms with van der Waals surface area (Å²) in [7, 11) is 0. The number of aliphatic imine (C=N–C) groups is 2. The van der Waals surface area contributed by atoms with Gasteiger partial charge in [0.25, 0.3) is 0 Å². The van der Waals surface area contributed by atoms with Crippen molar-refractivity contribution in [2.24, 2.45) is 9.98 Å². The van der Waals surface area contributed by atoms with E-state index in [4.69, 9.17) is 9.98 Å². The minimum atomic E-state index is 0.518. The van der Waals surface area contributed by atoms with E-state index in [-0.39, 0.29) is 0 Å². The highest BCUT2D eigenvalue weighted by Gasteiger charge is 2.27. The Morgan fingerprint density at radius 1 is 1.14 bits per heavy atom. The van der Waals surface area contributed by atoms with Gasteiger partial charge < -0.3 is 0 Å². The van der Waals surface area contributed by atoms with Gasteiger partial charge in [-0.2, -0.15) is 0 Å². The summed E-state index contributed by atoms with van der Waals surface area (Å²) in [6, 6.07) is 1.04. The molecule has 2 heteroatoms. The lowest BCUT2D eigenvalue weighted by molar-refractivity contribution is 0.385. The second-order valence-electron chi connectivity index (χ2n) is 4.46. The zero-order chi connectivity index (χ0) is 9.97. The maximum Gasteiger partial charge on any atom is 0.0727 e. The van der Waals surface area contributed by atoms with Crippen molar-refractivity contribution in [2.45, 2.75) is 64.5 Å². The number of fused-ring (bicyclic) bond motifs is 1. The molecule has 14 heavy (non-hydrogen) atoms. The van der Waals surface area contributed by atoms with Crippen molar-refractivity contribution in [1.82, 2.24) is 0 Å². The molecule has 1 aliphatic heterocycles. The van der Waals surface area contributed by atoms with Crippen LogP contribution in [0.15, 0.2) is 9.98 Å². The van der Waals surface area contributed by atoms with Crippen molar-refractivity contribution >= 4 is 11.4 Å². The third-order valence-corrected chi connectivity index (χ3v) is 3.28. The zero-order valence-corrected chi connectivity index (χ0v) is 9.29. The molecular formula is C12H20N2. The maximum absolute atomic E-state index is 4.86. The van der Waals surface area contributed by atoms with E-state index in [0.717, 1.165) is 6.42 Å². The molecule has 0 spiro atoms. The standard InChI is InChI=1S/C12H20N2/c1-3-6-10-9(2)13-11-7-4-5-8-12(11)14-10/h11-12H,3-8H2,1-2H3. The average Bonchev–Trinajstić information content (AvgIpc) is 2.19. The smallest absolute Gasteiger partial charge is 0.0727 e. The van der Waals surface area contributed by atoms with Gasteiger partial charge in [0.05, 0.1) is 23.5 Å². The molecule has 0 bridgehead atoms. The van der Waals surface area contributed by atoms with Gasteiger partial charge in [0.2, 0.25) is 0 Å². The molecule has 1 saturated carbocycles. The molecule has 0 aromatic rings. The molecular weight excluding hydrogens is 172 g/mol. The minimum absolute atomic E-state index is 0.518. The Bertz CT molecular complexity index is 265. The fourth-order valence-electron chi connectivity index (χ4n) is 2.49. The Morgan fingerprint density at radius 3 is 2.43 bits per heavy atom. The predicted octanol–water partition coefficient (Wildman–Crippen LogP) is 3.01. The lowest BCUT2D eigenvalue weighted by atomic mass is 9.89. The highest BCUT2D eigenvalue weighted by Crippen LogP contribution is 2.27. The van der Waals surface area contributed by atoms with E-state index >= 15 is 0 Å². The van der Waals surface area contributed by atoms with Crippen molar-refractivity contribution in [1.29, 1.82) is 0 Å². The predicted molar refractivity (Wildman–Crippen MR) is 61.5 cm³/mol. The largest absolute Gasteiger partial charge is 0.283 e. The summed E-state index contributed by atoms with van der Waals surface area (Å²) in [5, 5.41) is 0. The molecule has 1 fully saturated rings. The van der Waals surface area contributed by atoms with E-state index in [9.17, 15) is 0 Å². The zero-order valence-electron chi connectivity index (χ0n) is 9.29. The van der Waals surface area contributed by atoms with E-state index < -0.39 is 0 Å². The number of hydrogen-bond acceptors (Lipinski definition) is 2. The molecule has 0 radical (unpaired) electrons. The molecule has 1 aliphatic carbocycles. The van der Waals surface area contributed by atoms with Gasteiger partial charge in [-0.25, -0.2) is 0 Å². The molecule has 2 rings (SSSR count). The van der Waals surface area contributed by atoms with Gasteiger partial charge in [-0.15, -0.1) is 0 Å². The molecule has 2 aliphatic rings. The summed E-state index contributed by atoms with van der Waals surface area (Å²) in [5.74, 6) is 0. The van der Waals surface area contributed by atoms with Crippen LogP contribution in [0.5, 0.6) is 0 Å². The molecule has 0 N–H and O–H groups in total. The highest BCUT2D eigenvalue weighted by atomic mass is 15.0. The van der Waals surface area contributed by atoms with Crippen LogP contribution in [0.25, 0.3) is 0 Å². The second kappa shape index (κ2) is 4.24. The quantitative estimate of drug-likeness (QED) is 0.642. The Morgan fingerprint density at radius 2 is 1.79 bits per heavy atom. The van der Waals surface area contributed by atoms with E-state index in [1.807, 2.05) is 0 Å². The summed E-state index contributed by atoms with van der Waals surface area (Å²) < 4.78 is 0.